The molecule has 0 amide bonds. The number of carboxylic acid groups (broad SMARTS) is 1. The Morgan fingerprint density at radius 2 is 2.17 bits per heavy atom. The zero-order chi connectivity index (χ0) is 13.3. The summed E-state index contributed by atoms with van der Waals surface area (Å²) in [5.41, 5.74) is 0.815. The molecular weight excluding hydrogens is 260 g/mol. The number of halogens is 1. The second-order valence-corrected chi connectivity index (χ2v) is 4.25. The van der Waals surface area contributed by atoms with Crippen LogP contribution in [0.25, 0.3) is 0 Å². The molecule has 0 aliphatic carbocycles. The number of hydrogen-bond acceptors (Lipinski definition) is 4. The molecule has 1 atom stereocenters. The van der Waals surface area contributed by atoms with Crippen LogP contribution in [0, 0.1) is 0 Å². The number of rotatable bonds is 3. The van der Waals surface area contributed by atoms with Crippen LogP contribution in [-0.2, 0) is 11.2 Å². The van der Waals surface area contributed by atoms with E-state index in [1.165, 1.54) is 6.07 Å². The van der Waals surface area contributed by atoms with Crippen molar-refractivity contribution in [2.24, 2.45) is 0 Å². The maximum atomic E-state index is 10.9. The smallest absolute Gasteiger partial charge is 0.337 e. The molecule has 0 bridgehead atoms. The fourth-order valence-electron chi connectivity index (χ4n) is 1.94. The van der Waals surface area contributed by atoms with Crippen LogP contribution in [0.15, 0.2) is 6.07 Å². The van der Waals surface area contributed by atoms with Gasteiger partial charge in [0.1, 0.15) is 13.2 Å². The second-order valence-electron chi connectivity index (χ2n) is 3.88. The van der Waals surface area contributed by atoms with Crippen molar-refractivity contribution >= 4 is 17.6 Å². The van der Waals surface area contributed by atoms with Gasteiger partial charge in [-0.05, 0) is 18.1 Å². The molecule has 18 heavy (non-hydrogen) atoms. The number of benzene rings is 1. The summed E-state index contributed by atoms with van der Waals surface area (Å²) in [5.74, 6) is -0.530. The van der Waals surface area contributed by atoms with Gasteiger partial charge < -0.3 is 19.7 Å². The molecule has 1 aliphatic rings. The maximum Gasteiger partial charge on any atom is 0.337 e. The fourth-order valence-corrected chi connectivity index (χ4v) is 2.33. The summed E-state index contributed by atoms with van der Waals surface area (Å²) in [6.07, 6.45) is -1.12. The van der Waals surface area contributed by atoms with Crippen molar-refractivity contribution in [3.8, 4) is 11.5 Å². The number of aliphatic hydroxyl groups is 1. The van der Waals surface area contributed by atoms with Crippen molar-refractivity contribution < 1.29 is 24.5 Å². The minimum atomic E-state index is -1.62. The quantitative estimate of drug-likeness (QED) is 0.877. The van der Waals surface area contributed by atoms with Crippen LogP contribution in [0.4, 0.5) is 0 Å². The van der Waals surface area contributed by atoms with Crippen molar-refractivity contribution in [3.05, 3.63) is 22.2 Å². The van der Waals surface area contributed by atoms with Gasteiger partial charge in [0.05, 0.1) is 5.02 Å². The van der Waals surface area contributed by atoms with Gasteiger partial charge in [-0.15, -0.1) is 0 Å². The standard InChI is InChI=1S/C12H13ClO5/c1-2-6-7(10(14)12(15)16)5-8-11(9(6)13)18-4-3-17-8/h5,10,14H,2-4H2,1H3,(H,15,16). The third-order valence-electron chi connectivity index (χ3n) is 2.79. The molecule has 1 heterocycles. The van der Waals surface area contributed by atoms with Crippen molar-refractivity contribution in [1.82, 2.24) is 0 Å². The van der Waals surface area contributed by atoms with Gasteiger partial charge in [-0.25, -0.2) is 4.79 Å². The highest BCUT2D eigenvalue weighted by atomic mass is 35.5. The Hall–Kier alpha value is -1.46. The van der Waals surface area contributed by atoms with Crippen molar-refractivity contribution in [1.29, 1.82) is 0 Å². The molecule has 2 rings (SSSR count). The first-order valence-corrected chi connectivity index (χ1v) is 5.95. The average molecular weight is 273 g/mol. The van der Waals surface area contributed by atoms with Crippen LogP contribution in [0.1, 0.15) is 24.2 Å². The monoisotopic (exact) mass is 272 g/mol. The van der Waals surface area contributed by atoms with E-state index in [1.54, 1.807) is 0 Å². The van der Waals surface area contributed by atoms with E-state index in [2.05, 4.69) is 0 Å². The number of ether oxygens (including phenoxy) is 2. The number of aliphatic hydroxyl groups excluding tert-OH is 1. The van der Waals surface area contributed by atoms with Gasteiger partial charge in [-0.1, -0.05) is 18.5 Å². The Morgan fingerprint density at radius 3 is 2.78 bits per heavy atom. The summed E-state index contributed by atoms with van der Waals surface area (Å²) in [7, 11) is 0. The highest BCUT2D eigenvalue weighted by molar-refractivity contribution is 6.33. The molecule has 0 spiro atoms. The Kier molecular flexibility index (Phi) is 3.63. The predicted octanol–water partition coefficient (Wildman–Crippen LogP) is 1.79. The zero-order valence-electron chi connectivity index (χ0n) is 9.77. The van der Waals surface area contributed by atoms with E-state index in [4.69, 9.17) is 26.2 Å². The second kappa shape index (κ2) is 5.04. The van der Waals surface area contributed by atoms with E-state index in [0.29, 0.717) is 41.7 Å². The zero-order valence-corrected chi connectivity index (χ0v) is 10.5. The number of fused-ring (bicyclic) bond motifs is 1. The minimum absolute atomic E-state index is 0.249. The lowest BCUT2D eigenvalue weighted by Crippen LogP contribution is -2.19. The minimum Gasteiger partial charge on any atom is -0.486 e. The molecule has 98 valence electrons. The van der Waals surface area contributed by atoms with Gasteiger partial charge >= 0.3 is 5.97 Å². The van der Waals surface area contributed by atoms with E-state index in [9.17, 15) is 9.90 Å². The van der Waals surface area contributed by atoms with Gasteiger partial charge in [-0.3, -0.25) is 0 Å². The third-order valence-corrected chi connectivity index (χ3v) is 3.19. The van der Waals surface area contributed by atoms with E-state index < -0.39 is 12.1 Å². The van der Waals surface area contributed by atoms with Crippen molar-refractivity contribution in [2.45, 2.75) is 19.4 Å². The average Bonchev–Trinajstić information content (AvgIpc) is 2.37. The summed E-state index contributed by atoms with van der Waals surface area (Å²) in [5, 5.41) is 18.9. The summed E-state index contributed by atoms with van der Waals surface area (Å²) in [6, 6.07) is 1.48. The lowest BCUT2D eigenvalue weighted by molar-refractivity contribution is -0.147. The number of aliphatic carboxylic acids is 1. The van der Waals surface area contributed by atoms with Crippen LogP contribution < -0.4 is 9.47 Å². The predicted molar refractivity (Wildman–Crippen MR) is 64.4 cm³/mol. The molecular formula is C12H13ClO5. The van der Waals surface area contributed by atoms with Gasteiger partial charge in [0, 0.05) is 5.56 Å². The normalized spacial score (nSPS) is 15.3. The van der Waals surface area contributed by atoms with Gasteiger partial charge in [0.2, 0.25) is 0 Å². The fraction of sp³-hybridized carbons (Fsp3) is 0.417. The number of carbonyl (C=O) groups is 1. The molecule has 0 radical (unpaired) electrons. The van der Waals surface area contributed by atoms with Crippen LogP contribution in [0.3, 0.4) is 0 Å². The van der Waals surface area contributed by atoms with Crippen molar-refractivity contribution in [3.63, 3.8) is 0 Å². The molecule has 0 saturated carbocycles. The first kappa shape index (κ1) is 13.0. The van der Waals surface area contributed by atoms with E-state index >= 15 is 0 Å². The molecule has 0 saturated heterocycles. The van der Waals surface area contributed by atoms with Gasteiger partial charge in [0.25, 0.3) is 0 Å². The summed E-state index contributed by atoms with van der Waals surface area (Å²) >= 11 is 6.17. The molecule has 2 N–H and O–H groups in total. The summed E-state index contributed by atoms with van der Waals surface area (Å²) in [4.78, 5) is 10.9. The molecule has 0 aromatic heterocycles. The Balaban J connectivity index is 2.58. The lowest BCUT2D eigenvalue weighted by atomic mass is 9.99. The molecule has 1 aromatic rings. The van der Waals surface area contributed by atoms with E-state index in [-0.39, 0.29) is 5.56 Å². The molecule has 1 aliphatic heterocycles. The van der Waals surface area contributed by atoms with Crippen LogP contribution in [0.2, 0.25) is 5.02 Å². The highest BCUT2D eigenvalue weighted by Crippen LogP contribution is 2.43. The highest BCUT2D eigenvalue weighted by Gasteiger charge is 2.27. The molecule has 1 aromatic carbocycles. The number of hydrogen-bond donors (Lipinski definition) is 2. The Morgan fingerprint density at radius 1 is 1.50 bits per heavy atom. The number of carboxylic acids is 1. The first-order chi connectivity index (χ1) is 8.56. The van der Waals surface area contributed by atoms with Crippen LogP contribution in [-0.4, -0.2) is 29.4 Å². The Bertz CT molecular complexity index is 486. The third kappa shape index (κ3) is 2.11. The van der Waals surface area contributed by atoms with Gasteiger partial charge in [0.15, 0.2) is 17.6 Å². The Labute approximate surface area is 109 Å². The van der Waals surface area contributed by atoms with Gasteiger partial charge in [-0.2, -0.15) is 0 Å². The first-order valence-electron chi connectivity index (χ1n) is 5.58. The van der Waals surface area contributed by atoms with Crippen molar-refractivity contribution in [2.75, 3.05) is 13.2 Å². The molecule has 5 nitrogen and oxygen atoms in total. The largest absolute Gasteiger partial charge is 0.486 e. The SMILES string of the molecule is CCc1c(C(O)C(=O)O)cc2c(c1Cl)OCCO2. The molecule has 1 unspecified atom stereocenters. The lowest BCUT2D eigenvalue weighted by Gasteiger charge is -2.23. The van der Waals surface area contributed by atoms with E-state index in [1.807, 2.05) is 6.92 Å². The topological polar surface area (TPSA) is 76.0 Å². The van der Waals surface area contributed by atoms with Crippen LogP contribution >= 0.6 is 11.6 Å². The maximum absolute atomic E-state index is 10.9. The molecule has 0 fully saturated rings. The summed E-state index contributed by atoms with van der Waals surface area (Å²) < 4.78 is 10.8. The summed E-state index contributed by atoms with van der Waals surface area (Å²) in [6.45, 7) is 2.60. The van der Waals surface area contributed by atoms with Crippen LogP contribution in [0.5, 0.6) is 11.5 Å². The molecule has 6 heteroatoms. The van der Waals surface area contributed by atoms with E-state index in [0.717, 1.165) is 0 Å².